The standard InChI is InChI=1S/C13H16N4O2/c1-14-12-7-15-8-13(17-12)16-10-5-4-9(18-2)6-11(10)19-3/h4-8H,1-3H3,(H2,14,16,17). The smallest absolute Gasteiger partial charge is 0.151 e. The molecule has 19 heavy (non-hydrogen) atoms. The molecule has 1 aromatic heterocycles. The fraction of sp³-hybridized carbons (Fsp3) is 0.231. The van der Waals surface area contributed by atoms with Gasteiger partial charge in [-0.15, -0.1) is 0 Å². The van der Waals surface area contributed by atoms with Gasteiger partial charge >= 0.3 is 0 Å². The molecule has 0 amide bonds. The predicted molar refractivity (Wildman–Crippen MR) is 74.4 cm³/mol. The van der Waals surface area contributed by atoms with Gasteiger partial charge in [0, 0.05) is 13.1 Å². The van der Waals surface area contributed by atoms with Crippen LogP contribution in [0.4, 0.5) is 17.3 Å². The van der Waals surface area contributed by atoms with Gasteiger partial charge in [-0.2, -0.15) is 0 Å². The van der Waals surface area contributed by atoms with Crippen LogP contribution < -0.4 is 20.1 Å². The van der Waals surface area contributed by atoms with E-state index in [0.717, 1.165) is 11.4 Å². The average Bonchev–Trinajstić information content (AvgIpc) is 2.48. The molecule has 0 saturated heterocycles. The van der Waals surface area contributed by atoms with E-state index >= 15 is 0 Å². The fourth-order valence-electron chi connectivity index (χ4n) is 1.59. The molecule has 1 aromatic carbocycles. The van der Waals surface area contributed by atoms with Gasteiger partial charge in [-0.05, 0) is 12.1 Å². The van der Waals surface area contributed by atoms with Gasteiger partial charge in [0.05, 0.1) is 32.3 Å². The second-order valence-corrected chi connectivity index (χ2v) is 3.73. The molecule has 2 aromatic rings. The molecule has 0 bridgehead atoms. The van der Waals surface area contributed by atoms with Crippen molar-refractivity contribution in [1.82, 2.24) is 9.97 Å². The largest absolute Gasteiger partial charge is 0.497 e. The van der Waals surface area contributed by atoms with Gasteiger partial charge in [-0.3, -0.25) is 4.98 Å². The van der Waals surface area contributed by atoms with Crippen molar-refractivity contribution in [2.75, 3.05) is 31.9 Å². The lowest BCUT2D eigenvalue weighted by Crippen LogP contribution is -2.00. The Labute approximate surface area is 111 Å². The van der Waals surface area contributed by atoms with Crippen molar-refractivity contribution in [2.45, 2.75) is 0 Å². The fourth-order valence-corrected chi connectivity index (χ4v) is 1.59. The Bertz CT molecular complexity index is 560. The Hall–Kier alpha value is -2.50. The molecule has 2 N–H and O–H groups in total. The first-order chi connectivity index (χ1) is 9.26. The van der Waals surface area contributed by atoms with Crippen LogP contribution in [-0.4, -0.2) is 31.2 Å². The molecule has 0 unspecified atom stereocenters. The quantitative estimate of drug-likeness (QED) is 0.859. The Morgan fingerprint density at radius 3 is 2.53 bits per heavy atom. The Balaban J connectivity index is 2.26. The van der Waals surface area contributed by atoms with E-state index in [1.54, 1.807) is 39.7 Å². The molecule has 0 fully saturated rings. The van der Waals surface area contributed by atoms with Gasteiger partial charge in [0.15, 0.2) is 5.82 Å². The molecule has 6 heteroatoms. The summed E-state index contributed by atoms with van der Waals surface area (Å²) in [7, 11) is 5.02. The van der Waals surface area contributed by atoms with E-state index in [4.69, 9.17) is 9.47 Å². The summed E-state index contributed by atoms with van der Waals surface area (Å²) in [5.74, 6) is 2.74. The van der Waals surface area contributed by atoms with Crippen LogP contribution in [0.2, 0.25) is 0 Å². The molecule has 0 aliphatic rings. The summed E-state index contributed by atoms with van der Waals surface area (Å²) >= 11 is 0. The Morgan fingerprint density at radius 1 is 1.05 bits per heavy atom. The molecule has 0 aliphatic carbocycles. The zero-order valence-electron chi connectivity index (χ0n) is 11.1. The van der Waals surface area contributed by atoms with Crippen molar-refractivity contribution in [1.29, 1.82) is 0 Å². The molecule has 100 valence electrons. The molecule has 6 nitrogen and oxygen atoms in total. The van der Waals surface area contributed by atoms with Gasteiger partial charge in [0.25, 0.3) is 0 Å². The molecule has 0 spiro atoms. The van der Waals surface area contributed by atoms with Gasteiger partial charge in [0.1, 0.15) is 17.3 Å². The maximum Gasteiger partial charge on any atom is 0.151 e. The predicted octanol–water partition coefficient (Wildman–Crippen LogP) is 2.28. The van der Waals surface area contributed by atoms with Crippen molar-refractivity contribution in [2.24, 2.45) is 0 Å². The van der Waals surface area contributed by atoms with Crippen LogP contribution in [0.15, 0.2) is 30.6 Å². The molecular weight excluding hydrogens is 244 g/mol. The average molecular weight is 260 g/mol. The second-order valence-electron chi connectivity index (χ2n) is 3.73. The van der Waals surface area contributed by atoms with Crippen molar-refractivity contribution >= 4 is 17.3 Å². The first-order valence-electron chi connectivity index (χ1n) is 5.75. The molecule has 2 rings (SSSR count). The van der Waals surface area contributed by atoms with Crippen molar-refractivity contribution < 1.29 is 9.47 Å². The van der Waals surface area contributed by atoms with Crippen LogP contribution >= 0.6 is 0 Å². The highest BCUT2D eigenvalue weighted by molar-refractivity contribution is 5.66. The third-order valence-corrected chi connectivity index (χ3v) is 2.56. The van der Waals surface area contributed by atoms with Crippen LogP contribution in [0.3, 0.4) is 0 Å². The van der Waals surface area contributed by atoms with Gasteiger partial charge in [0.2, 0.25) is 0 Å². The van der Waals surface area contributed by atoms with E-state index in [1.807, 2.05) is 12.1 Å². The minimum atomic E-state index is 0.635. The number of rotatable bonds is 5. The highest BCUT2D eigenvalue weighted by Gasteiger charge is 2.06. The van der Waals surface area contributed by atoms with E-state index in [-0.39, 0.29) is 0 Å². The number of hydrogen-bond donors (Lipinski definition) is 2. The second kappa shape index (κ2) is 5.90. The lowest BCUT2D eigenvalue weighted by molar-refractivity contribution is 0.395. The third-order valence-electron chi connectivity index (χ3n) is 2.56. The lowest BCUT2D eigenvalue weighted by Gasteiger charge is -2.12. The molecule has 0 atom stereocenters. The number of methoxy groups -OCH3 is 2. The zero-order chi connectivity index (χ0) is 13.7. The highest BCUT2D eigenvalue weighted by atomic mass is 16.5. The summed E-state index contributed by atoms with van der Waals surface area (Å²) in [6.07, 6.45) is 3.29. The highest BCUT2D eigenvalue weighted by Crippen LogP contribution is 2.30. The first kappa shape index (κ1) is 12.9. The molecule has 0 radical (unpaired) electrons. The monoisotopic (exact) mass is 260 g/mol. The van der Waals surface area contributed by atoms with Gasteiger partial charge in [-0.1, -0.05) is 0 Å². The number of ether oxygens (including phenoxy) is 2. The minimum Gasteiger partial charge on any atom is -0.497 e. The van der Waals surface area contributed by atoms with Crippen molar-refractivity contribution in [3.63, 3.8) is 0 Å². The van der Waals surface area contributed by atoms with E-state index in [2.05, 4.69) is 20.6 Å². The summed E-state index contributed by atoms with van der Waals surface area (Å²) in [5, 5.41) is 6.09. The van der Waals surface area contributed by atoms with Crippen molar-refractivity contribution in [3.05, 3.63) is 30.6 Å². The summed E-state index contributed by atoms with van der Waals surface area (Å²) in [6.45, 7) is 0. The number of nitrogens with one attached hydrogen (secondary N) is 2. The zero-order valence-corrected chi connectivity index (χ0v) is 11.1. The Kier molecular flexibility index (Phi) is 4.02. The van der Waals surface area contributed by atoms with Crippen LogP contribution in [-0.2, 0) is 0 Å². The number of aromatic nitrogens is 2. The van der Waals surface area contributed by atoms with Gasteiger partial charge in [-0.25, -0.2) is 4.98 Å². The van der Waals surface area contributed by atoms with E-state index in [0.29, 0.717) is 17.4 Å². The lowest BCUT2D eigenvalue weighted by atomic mass is 10.2. The summed E-state index contributed by atoms with van der Waals surface area (Å²) in [5.41, 5.74) is 0.797. The topological polar surface area (TPSA) is 68.3 Å². The molecule has 0 aliphatic heterocycles. The maximum absolute atomic E-state index is 5.31. The third kappa shape index (κ3) is 3.04. The minimum absolute atomic E-state index is 0.635. The van der Waals surface area contributed by atoms with E-state index in [1.165, 1.54) is 0 Å². The number of nitrogens with zero attached hydrogens (tertiary/aromatic N) is 2. The van der Waals surface area contributed by atoms with Crippen molar-refractivity contribution in [3.8, 4) is 11.5 Å². The summed E-state index contributed by atoms with van der Waals surface area (Å²) in [6, 6.07) is 5.52. The molecular formula is C13H16N4O2. The SMILES string of the molecule is CNc1cncc(Nc2ccc(OC)cc2OC)n1. The molecule has 0 saturated carbocycles. The van der Waals surface area contributed by atoms with Crippen LogP contribution in [0.1, 0.15) is 0 Å². The Morgan fingerprint density at radius 2 is 1.84 bits per heavy atom. The normalized spacial score (nSPS) is 9.84. The van der Waals surface area contributed by atoms with Gasteiger partial charge < -0.3 is 20.1 Å². The first-order valence-corrected chi connectivity index (χ1v) is 5.75. The number of benzene rings is 1. The van der Waals surface area contributed by atoms with E-state index in [9.17, 15) is 0 Å². The van der Waals surface area contributed by atoms with Crippen LogP contribution in [0.5, 0.6) is 11.5 Å². The van der Waals surface area contributed by atoms with E-state index < -0.39 is 0 Å². The summed E-state index contributed by atoms with van der Waals surface area (Å²) in [4.78, 5) is 8.42. The summed E-state index contributed by atoms with van der Waals surface area (Å²) < 4.78 is 10.5. The number of hydrogen-bond acceptors (Lipinski definition) is 6. The molecule has 1 heterocycles. The maximum atomic E-state index is 5.31. The number of anilines is 3. The van der Waals surface area contributed by atoms with Crippen LogP contribution in [0.25, 0.3) is 0 Å². The van der Waals surface area contributed by atoms with Crippen LogP contribution in [0, 0.1) is 0 Å².